The Hall–Kier alpha value is -1.36. The summed E-state index contributed by atoms with van der Waals surface area (Å²) in [6, 6.07) is 0.605. The standard InChI is InChI=1S/C16H26N4O/c1-12-15(13(2)18-17-12)5-6-16(21)20-10-7-14(11-20)19-8-3-4-9-19/h14H,3-11H2,1-2H3,(H,17,18). The van der Waals surface area contributed by atoms with Crippen LogP contribution in [0.4, 0.5) is 0 Å². The van der Waals surface area contributed by atoms with E-state index in [-0.39, 0.29) is 0 Å². The average molecular weight is 290 g/mol. The zero-order chi connectivity index (χ0) is 14.8. The summed E-state index contributed by atoms with van der Waals surface area (Å²) in [6.45, 7) is 8.34. The zero-order valence-electron chi connectivity index (χ0n) is 13.2. The Bertz CT molecular complexity index is 485. The maximum Gasteiger partial charge on any atom is 0.222 e. The number of nitrogens with one attached hydrogen (secondary N) is 1. The summed E-state index contributed by atoms with van der Waals surface area (Å²) in [4.78, 5) is 17.0. The highest BCUT2D eigenvalue weighted by molar-refractivity contribution is 5.76. The Morgan fingerprint density at radius 3 is 2.71 bits per heavy atom. The van der Waals surface area contributed by atoms with Gasteiger partial charge in [-0.3, -0.25) is 14.8 Å². The number of carbonyl (C=O) groups excluding carboxylic acids is 1. The van der Waals surface area contributed by atoms with E-state index in [1.165, 1.54) is 31.5 Å². The number of aromatic amines is 1. The molecule has 0 spiro atoms. The largest absolute Gasteiger partial charge is 0.341 e. The van der Waals surface area contributed by atoms with Crippen molar-refractivity contribution in [3.8, 4) is 0 Å². The molecule has 3 rings (SSSR count). The number of likely N-dealkylation sites (tertiary alicyclic amines) is 2. The first kappa shape index (κ1) is 14.6. The maximum atomic E-state index is 12.4. The third-order valence-electron chi connectivity index (χ3n) is 5.04. The van der Waals surface area contributed by atoms with Crippen LogP contribution in [0, 0.1) is 13.8 Å². The van der Waals surface area contributed by atoms with Gasteiger partial charge in [-0.2, -0.15) is 5.10 Å². The number of nitrogens with zero attached hydrogens (tertiary/aromatic N) is 3. The van der Waals surface area contributed by atoms with E-state index >= 15 is 0 Å². The van der Waals surface area contributed by atoms with Gasteiger partial charge in [0.15, 0.2) is 0 Å². The Morgan fingerprint density at radius 1 is 1.29 bits per heavy atom. The smallest absolute Gasteiger partial charge is 0.222 e. The number of amides is 1. The first-order chi connectivity index (χ1) is 10.1. The molecule has 1 amide bonds. The Morgan fingerprint density at radius 2 is 2.05 bits per heavy atom. The average Bonchev–Trinajstić information content (AvgIpc) is 3.18. The van der Waals surface area contributed by atoms with Gasteiger partial charge < -0.3 is 4.90 Å². The summed E-state index contributed by atoms with van der Waals surface area (Å²) in [7, 11) is 0. The summed E-state index contributed by atoms with van der Waals surface area (Å²) in [5, 5.41) is 7.19. The quantitative estimate of drug-likeness (QED) is 0.917. The third-order valence-corrected chi connectivity index (χ3v) is 5.04. The molecule has 2 aliphatic heterocycles. The predicted molar refractivity (Wildman–Crippen MR) is 82.2 cm³/mol. The van der Waals surface area contributed by atoms with Crippen molar-refractivity contribution in [1.29, 1.82) is 0 Å². The van der Waals surface area contributed by atoms with Gasteiger partial charge >= 0.3 is 0 Å². The molecule has 3 heterocycles. The van der Waals surface area contributed by atoms with Gasteiger partial charge in [0.1, 0.15) is 0 Å². The monoisotopic (exact) mass is 290 g/mol. The van der Waals surface area contributed by atoms with Crippen molar-refractivity contribution in [2.75, 3.05) is 26.2 Å². The van der Waals surface area contributed by atoms with Crippen LogP contribution in [0.3, 0.4) is 0 Å². The molecular formula is C16H26N4O. The minimum absolute atomic E-state index is 0.302. The number of rotatable bonds is 4. The van der Waals surface area contributed by atoms with Crippen molar-refractivity contribution in [3.05, 3.63) is 17.0 Å². The maximum absolute atomic E-state index is 12.4. The fraction of sp³-hybridized carbons (Fsp3) is 0.750. The minimum atomic E-state index is 0.302. The van der Waals surface area contributed by atoms with Gasteiger partial charge in [-0.25, -0.2) is 0 Å². The van der Waals surface area contributed by atoms with E-state index in [0.717, 1.165) is 37.3 Å². The summed E-state index contributed by atoms with van der Waals surface area (Å²) in [5.41, 5.74) is 3.33. The SMILES string of the molecule is Cc1n[nH]c(C)c1CCC(=O)N1CCC(N2CCCC2)C1. The van der Waals surface area contributed by atoms with Gasteiger partial charge in [-0.05, 0) is 58.2 Å². The van der Waals surface area contributed by atoms with Gasteiger partial charge in [0.2, 0.25) is 5.91 Å². The van der Waals surface area contributed by atoms with Gasteiger partial charge in [0.25, 0.3) is 0 Å². The second-order valence-corrected chi connectivity index (χ2v) is 6.44. The van der Waals surface area contributed by atoms with Gasteiger partial charge in [-0.15, -0.1) is 0 Å². The van der Waals surface area contributed by atoms with Crippen molar-refractivity contribution in [2.24, 2.45) is 0 Å². The lowest BCUT2D eigenvalue weighted by atomic mass is 10.1. The van der Waals surface area contributed by atoms with Crippen LogP contribution >= 0.6 is 0 Å². The molecular weight excluding hydrogens is 264 g/mol. The zero-order valence-corrected chi connectivity index (χ0v) is 13.2. The molecule has 2 saturated heterocycles. The molecule has 21 heavy (non-hydrogen) atoms. The van der Waals surface area contributed by atoms with E-state index in [9.17, 15) is 4.79 Å². The van der Waals surface area contributed by atoms with Crippen LogP contribution in [-0.2, 0) is 11.2 Å². The molecule has 0 aliphatic carbocycles. The lowest BCUT2D eigenvalue weighted by molar-refractivity contribution is -0.130. The molecule has 1 atom stereocenters. The van der Waals surface area contributed by atoms with Crippen LogP contribution in [0.25, 0.3) is 0 Å². The Balaban J connectivity index is 1.50. The van der Waals surface area contributed by atoms with Crippen LogP contribution in [0.5, 0.6) is 0 Å². The topological polar surface area (TPSA) is 52.2 Å². The van der Waals surface area contributed by atoms with Crippen LogP contribution in [-0.4, -0.2) is 58.1 Å². The van der Waals surface area contributed by atoms with Crippen molar-refractivity contribution in [1.82, 2.24) is 20.0 Å². The fourth-order valence-electron chi connectivity index (χ4n) is 3.71. The molecule has 0 saturated carbocycles. The molecule has 116 valence electrons. The minimum Gasteiger partial charge on any atom is -0.341 e. The molecule has 0 radical (unpaired) electrons. The van der Waals surface area contributed by atoms with E-state index in [2.05, 4.69) is 20.0 Å². The van der Waals surface area contributed by atoms with Crippen LogP contribution in [0.15, 0.2) is 0 Å². The Kier molecular flexibility index (Phi) is 4.29. The molecule has 1 N–H and O–H groups in total. The van der Waals surface area contributed by atoms with E-state index in [0.29, 0.717) is 18.4 Å². The van der Waals surface area contributed by atoms with Gasteiger partial charge in [0.05, 0.1) is 5.69 Å². The third kappa shape index (κ3) is 3.12. The lowest BCUT2D eigenvalue weighted by Gasteiger charge is -2.23. The second-order valence-electron chi connectivity index (χ2n) is 6.44. The van der Waals surface area contributed by atoms with Crippen molar-refractivity contribution in [3.63, 3.8) is 0 Å². The molecule has 2 fully saturated rings. The number of hydrogen-bond donors (Lipinski definition) is 1. The molecule has 0 aromatic carbocycles. The number of carbonyl (C=O) groups is 1. The summed E-state index contributed by atoms with van der Waals surface area (Å²) < 4.78 is 0. The van der Waals surface area contributed by atoms with E-state index < -0.39 is 0 Å². The molecule has 0 bridgehead atoms. The lowest BCUT2D eigenvalue weighted by Crippen LogP contribution is -2.37. The molecule has 1 unspecified atom stereocenters. The highest BCUT2D eigenvalue weighted by atomic mass is 16.2. The molecule has 5 nitrogen and oxygen atoms in total. The van der Waals surface area contributed by atoms with E-state index in [1.807, 2.05) is 13.8 Å². The highest BCUT2D eigenvalue weighted by Crippen LogP contribution is 2.21. The predicted octanol–water partition coefficient (Wildman–Crippen LogP) is 1.66. The first-order valence-corrected chi connectivity index (χ1v) is 8.17. The number of aryl methyl sites for hydroxylation is 2. The molecule has 5 heteroatoms. The van der Waals surface area contributed by atoms with E-state index in [1.54, 1.807) is 0 Å². The molecule has 2 aliphatic rings. The Labute approximate surface area is 126 Å². The molecule has 1 aromatic rings. The fourth-order valence-corrected chi connectivity index (χ4v) is 3.71. The van der Waals surface area contributed by atoms with Crippen LogP contribution in [0.1, 0.15) is 42.6 Å². The summed E-state index contributed by atoms with van der Waals surface area (Å²) >= 11 is 0. The first-order valence-electron chi connectivity index (χ1n) is 8.17. The van der Waals surface area contributed by atoms with Crippen molar-refractivity contribution < 1.29 is 4.79 Å². The number of aromatic nitrogens is 2. The number of hydrogen-bond acceptors (Lipinski definition) is 3. The van der Waals surface area contributed by atoms with E-state index in [4.69, 9.17) is 0 Å². The molecule has 1 aromatic heterocycles. The summed E-state index contributed by atoms with van der Waals surface area (Å²) in [5.74, 6) is 0.302. The van der Waals surface area contributed by atoms with Gasteiger partial charge in [-0.1, -0.05) is 0 Å². The normalized spacial score (nSPS) is 23.1. The van der Waals surface area contributed by atoms with Crippen LogP contribution in [0.2, 0.25) is 0 Å². The van der Waals surface area contributed by atoms with Gasteiger partial charge in [0, 0.05) is 31.2 Å². The second kappa shape index (κ2) is 6.18. The van der Waals surface area contributed by atoms with Crippen molar-refractivity contribution >= 4 is 5.91 Å². The van der Waals surface area contributed by atoms with Crippen molar-refractivity contribution in [2.45, 2.75) is 52.0 Å². The highest BCUT2D eigenvalue weighted by Gasteiger charge is 2.31. The number of H-pyrrole nitrogens is 1. The van der Waals surface area contributed by atoms with Crippen LogP contribution < -0.4 is 0 Å². The summed E-state index contributed by atoms with van der Waals surface area (Å²) in [6.07, 6.45) is 5.20.